The number of benzene rings is 1. The van der Waals surface area contributed by atoms with Crippen molar-refractivity contribution in [1.82, 2.24) is 4.98 Å². The summed E-state index contributed by atoms with van der Waals surface area (Å²) in [5, 5.41) is 0. The van der Waals surface area contributed by atoms with Crippen LogP contribution in [0, 0.1) is 6.92 Å². The highest BCUT2D eigenvalue weighted by atomic mass is 32.1. The van der Waals surface area contributed by atoms with E-state index in [-0.39, 0.29) is 13.2 Å². The number of nitrogens with zero attached hydrogens (tertiary/aromatic N) is 1. The highest BCUT2D eigenvalue weighted by Crippen LogP contribution is 2.11. The lowest BCUT2D eigenvalue weighted by Gasteiger charge is -2.02. The van der Waals surface area contributed by atoms with Gasteiger partial charge in [-0.15, -0.1) is 12.6 Å². The van der Waals surface area contributed by atoms with Gasteiger partial charge in [0.05, 0.1) is 0 Å². The summed E-state index contributed by atoms with van der Waals surface area (Å²) in [5.41, 5.74) is 2.57. The molecule has 2 nitrogen and oxygen atoms in total. The normalized spacial score (nSPS) is 9.67. The third kappa shape index (κ3) is 3.70. The SMILES string of the molecule is C.Cc1ccc(C(=O)Cc2ccc(S)cc2)cn1. The number of aryl methyl sites for hydroxylation is 1. The van der Waals surface area contributed by atoms with Gasteiger partial charge in [-0.25, -0.2) is 0 Å². The first-order valence-corrected chi connectivity index (χ1v) is 5.83. The summed E-state index contributed by atoms with van der Waals surface area (Å²) in [5.74, 6) is 0.0874. The molecule has 0 spiro atoms. The molecule has 18 heavy (non-hydrogen) atoms. The second-order valence-electron chi connectivity index (χ2n) is 3.95. The molecule has 0 saturated carbocycles. The maximum atomic E-state index is 12.0. The van der Waals surface area contributed by atoms with Crippen LogP contribution in [0.2, 0.25) is 0 Å². The van der Waals surface area contributed by atoms with Crippen LogP contribution in [0.3, 0.4) is 0 Å². The highest BCUT2D eigenvalue weighted by Gasteiger charge is 2.06. The van der Waals surface area contributed by atoms with E-state index in [4.69, 9.17) is 0 Å². The van der Waals surface area contributed by atoms with Gasteiger partial charge in [-0.3, -0.25) is 9.78 Å². The molecule has 0 radical (unpaired) electrons. The zero-order valence-corrected chi connectivity index (χ0v) is 10.4. The number of thiol groups is 1. The summed E-state index contributed by atoms with van der Waals surface area (Å²) in [6.45, 7) is 1.90. The largest absolute Gasteiger partial charge is 0.294 e. The molecule has 0 aliphatic heterocycles. The Kier molecular flexibility index (Phi) is 5.10. The van der Waals surface area contributed by atoms with Crippen LogP contribution in [-0.2, 0) is 6.42 Å². The van der Waals surface area contributed by atoms with Gasteiger partial charge in [0.25, 0.3) is 0 Å². The number of pyridine rings is 1. The minimum Gasteiger partial charge on any atom is -0.294 e. The molecule has 0 unspecified atom stereocenters. The van der Waals surface area contributed by atoms with Gasteiger partial charge in [0.15, 0.2) is 5.78 Å². The van der Waals surface area contributed by atoms with E-state index >= 15 is 0 Å². The number of hydrogen-bond donors (Lipinski definition) is 1. The quantitative estimate of drug-likeness (QED) is 0.672. The molecule has 0 amide bonds. The second-order valence-corrected chi connectivity index (χ2v) is 4.47. The van der Waals surface area contributed by atoms with Crippen LogP contribution < -0.4 is 0 Å². The molecule has 94 valence electrons. The van der Waals surface area contributed by atoms with Crippen LogP contribution in [0.1, 0.15) is 29.0 Å². The first kappa shape index (κ1) is 14.5. The zero-order valence-electron chi connectivity index (χ0n) is 9.55. The summed E-state index contributed by atoms with van der Waals surface area (Å²) < 4.78 is 0. The van der Waals surface area contributed by atoms with Gasteiger partial charge in [-0.05, 0) is 36.8 Å². The summed E-state index contributed by atoms with van der Waals surface area (Å²) in [6.07, 6.45) is 2.03. The van der Waals surface area contributed by atoms with E-state index in [1.54, 1.807) is 6.20 Å². The Morgan fingerprint density at radius 3 is 2.39 bits per heavy atom. The Hall–Kier alpha value is -1.61. The van der Waals surface area contributed by atoms with E-state index in [9.17, 15) is 4.79 Å². The Morgan fingerprint density at radius 1 is 1.17 bits per heavy atom. The van der Waals surface area contributed by atoms with Gasteiger partial charge in [-0.1, -0.05) is 19.6 Å². The standard InChI is InChI=1S/C14H13NOS.CH4/c1-10-2-5-12(9-15-10)14(16)8-11-3-6-13(17)7-4-11;/h2-7,9,17H,8H2,1H3;1H4. The molecule has 0 bridgehead atoms. The second kappa shape index (κ2) is 6.36. The molecule has 0 aliphatic carbocycles. The monoisotopic (exact) mass is 259 g/mol. The average molecular weight is 259 g/mol. The first-order valence-electron chi connectivity index (χ1n) is 5.39. The van der Waals surface area contributed by atoms with Crippen molar-refractivity contribution in [3.8, 4) is 0 Å². The van der Waals surface area contributed by atoms with Gasteiger partial charge < -0.3 is 0 Å². The lowest BCUT2D eigenvalue weighted by Crippen LogP contribution is -2.04. The average Bonchev–Trinajstić information content (AvgIpc) is 2.33. The summed E-state index contributed by atoms with van der Waals surface area (Å²) in [4.78, 5) is 17.0. The van der Waals surface area contributed by atoms with Crippen LogP contribution in [0.5, 0.6) is 0 Å². The molecular formula is C15H17NOS. The number of rotatable bonds is 3. The summed E-state index contributed by atoms with van der Waals surface area (Å²) >= 11 is 4.21. The van der Waals surface area contributed by atoms with Gasteiger partial charge in [0.2, 0.25) is 0 Å². The maximum absolute atomic E-state index is 12.0. The van der Waals surface area contributed by atoms with Crippen molar-refractivity contribution in [1.29, 1.82) is 0 Å². The Morgan fingerprint density at radius 2 is 1.83 bits per heavy atom. The lowest BCUT2D eigenvalue weighted by molar-refractivity contribution is 0.0992. The van der Waals surface area contributed by atoms with Gasteiger partial charge in [0, 0.05) is 28.8 Å². The first-order chi connectivity index (χ1) is 8.15. The van der Waals surface area contributed by atoms with Gasteiger partial charge in [-0.2, -0.15) is 0 Å². The van der Waals surface area contributed by atoms with Gasteiger partial charge in [0.1, 0.15) is 0 Å². The molecule has 0 fully saturated rings. The minimum atomic E-state index is 0. The van der Waals surface area contributed by atoms with Crippen LogP contribution in [-0.4, -0.2) is 10.8 Å². The summed E-state index contributed by atoms with van der Waals surface area (Å²) in [7, 11) is 0. The predicted octanol–water partition coefficient (Wildman–Crippen LogP) is 3.74. The van der Waals surface area contributed by atoms with E-state index in [0.717, 1.165) is 16.2 Å². The number of hydrogen-bond acceptors (Lipinski definition) is 3. The van der Waals surface area contributed by atoms with Crippen LogP contribution in [0.15, 0.2) is 47.5 Å². The molecule has 1 aromatic carbocycles. The van der Waals surface area contributed by atoms with E-state index in [1.165, 1.54) is 0 Å². The molecule has 1 aromatic heterocycles. The van der Waals surface area contributed by atoms with Crippen molar-refractivity contribution >= 4 is 18.4 Å². The third-order valence-corrected chi connectivity index (χ3v) is 2.83. The van der Waals surface area contributed by atoms with Crippen molar-refractivity contribution in [2.75, 3.05) is 0 Å². The van der Waals surface area contributed by atoms with Crippen LogP contribution in [0.4, 0.5) is 0 Å². The van der Waals surface area contributed by atoms with Crippen molar-refractivity contribution in [2.45, 2.75) is 25.7 Å². The van der Waals surface area contributed by atoms with Crippen LogP contribution in [0.25, 0.3) is 0 Å². The fraction of sp³-hybridized carbons (Fsp3) is 0.200. The van der Waals surface area contributed by atoms with Crippen molar-refractivity contribution in [2.24, 2.45) is 0 Å². The fourth-order valence-electron chi connectivity index (χ4n) is 1.53. The van der Waals surface area contributed by atoms with Crippen molar-refractivity contribution in [3.63, 3.8) is 0 Å². The summed E-state index contributed by atoms with van der Waals surface area (Å²) in [6, 6.07) is 11.3. The topological polar surface area (TPSA) is 30.0 Å². The Bertz CT molecular complexity index is 517. The Labute approximate surface area is 113 Å². The van der Waals surface area contributed by atoms with Gasteiger partial charge >= 0.3 is 0 Å². The highest BCUT2D eigenvalue weighted by molar-refractivity contribution is 7.80. The molecule has 2 rings (SSSR count). The number of Topliss-reactive ketones (excluding diaryl/α,β-unsaturated/α-hetero) is 1. The molecule has 0 N–H and O–H groups in total. The van der Waals surface area contributed by atoms with E-state index in [1.807, 2.05) is 43.3 Å². The van der Waals surface area contributed by atoms with Crippen molar-refractivity contribution < 1.29 is 4.79 Å². The molecule has 3 heteroatoms. The molecular weight excluding hydrogens is 242 g/mol. The predicted molar refractivity (Wildman–Crippen MR) is 77.4 cm³/mol. The van der Waals surface area contributed by atoms with E-state index in [0.29, 0.717) is 12.0 Å². The zero-order chi connectivity index (χ0) is 12.3. The maximum Gasteiger partial charge on any atom is 0.168 e. The smallest absolute Gasteiger partial charge is 0.168 e. The third-order valence-electron chi connectivity index (χ3n) is 2.53. The minimum absolute atomic E-state index is 0. The number of carbonyl (C=O) groups excluding carboxylic acids is 1. The van der Waals surface area contributed by atoms with Crippen LogP contribution >= 0.6 is 12.6 Å². The molecule has 1 heterocycles. The lowest BCUT2D eigenvalue weighted by atomic mass is 10.0. The number of carbonyl (C=O) groups is 1. The fourth-order valence-corrected chi connectivity index (χ4v) is 1.68. The number of ketones is 1. The molecule has 0 atom stereocenters. The molecule has 2 aromatic rings. The number of aromatic nitrogens is 1. The Balaban J connectivity index is 0.00000162. The van der Waals surface area contributed by atoms with E-state index < -0.39 is 0 Å². The molecule has 0 aliphatic rings. The molecule has 0 saturated heterocycles. The van der Waals surface area contributed by atoms with E-state index in [2.05, 4.69) is 17.6 Å². The van der Waals surface area contributed by atoms with Crippen molar-refractivity contribution in [3.05, 3.63) is 59.4 Å².